The molecule has 1 fully saturated rings. The summed E-state index contributed by atoms with van der Waals surface area (Å²) in [5.74, 6) is -0.154. The maximum Gasteiger partial charge on any atom is 0.126 e. The van der Waals surface area contributed by atoms with Crippen molar-refractivity contribution in [1.82, 2.24) is 0 Å². The Hall–Kier alpha value is -1.09. The van der Waals surface area contributed by atoms with E-state index in [2.05, 4.69) is 11.8 Å². The highest BCUT2D eigenvalue weighted by Gasteiger charge is 2.26. The number of halogens is 1. The molecule has 1 aliphatic heterocycles. The largest absolute Gasteiger partial charge is 0.368 e. The second-order valence-electron chi connectivity index (χ2n) is 5.35. The first-order valence-corrected chi connectivity index (χ1v) is 6.86. The van der Waals surface area contributed by atoms with Gasteiger partial charge in [-0.3, -0.25) is 0 Å². The number of hydrogen-bond acceptors (Lipinski definition) is 2. The average Bonchev–Trinajstić information content (AvgIpc) is 2.79. The van der Waals surface area contributed by atoms with Crippen LogP contribution in [0.25, 0.3) is 0 Å². The van der Waals surface area contributed by atoms with Gasteiger partial charge in [-0.05, 0) is 56.4 Å². The highest BCUT2D eigenvalue weighted by molar-refractivity contribution is 5.58. The second kappa shape index (κ2) is 5.27. The zero-order valence-corrected chi connectivity index (χ0v) is 11.5. The van der Waals surface area contributed by atoms with Crippen LogP contribution in [0.15, 0.2) is 12.1 Å². The van der Waals surface area contributed by atoms with Crippen LogP contribution < -0.4 is 10.6 Å². The van der Waals surface area contributed by atoms with E-state index in [1.54, 1.807) is 6.07 Å². The molecule has 2 atom stereocenters. The maximum atomic E-state index is 13.7. The summed E-state index contributed by atoms with van der Waals surface area (Å²) in [5, 5.41) is 0. The summed E-state index contributed by atoms with van der Waals surface area (Å²) < 4.78 is 13.7. The zero-order valence-electron chi connectivity index (χ0n) is 11.5. The summed E-state index contributed by atoms with van der Waals surface area (Å²) in [6, 6.07) is 4.02. The van der Waals surface area contributed by atoms with Crippen molar-refractivity contribution in [3.8, 4) is 0 Å². The molecule has 0 radical (unpaired) electrons. The van der Waals surface area contributed by atoms with Crippen molar-refractivity contribution >= 4 is 5.69 Å². The van der Waals surface area contributed by atoms with Gasteiger partial charge in [0.15, 0.2) is 0 Å². The van der Waals surface area contributed by atoms with Gasteiger partial charge >= 0.3 is 0 Å². The summed E-state index contributed by atoms with van der Waals surface area (Å²) in [7, 11) is 0. The van der Waals surface area contributed by atoms with Gasteiger partial charge in [0.05, 0.1) is 0 Å². The number of hydrogen-bond donors (Lipinski definition) is 1. The lowest BCUT2D eigenvalue weighted by Gasteiger charge is -2.29. The summed E-state index contributed by atoms with van der Waals surface area (Å²) in [6.45, 7) is 7.01. The minimum absolute atomic E-state index is 0.131. The molecule has 2 rings (SSSR count). The molecule has 18 heavy (non-hydrogen) atoms. The fourth-order valence-corrected chi connectivity index (χ4v) is 2.87. The van der Waals surface area contributed by atoms with E-state index in [4.69, 9.17) is 5.73 Å². The molecule has 0 aliphatic carbocycles. The maximum absolute atomic E-state index is 13.7. The number of rotatable bonds is 3. The Morgan fingerprint density at radius 1 is 1.50 bits per heavy atom. The van der Waals surface area contributed by atoms with Crippen LogP contribution in [0.3, 0.4) is 0 Å². The van der Waals surface area contributed by atoms with E-state index in [9.17, 15) is 4.39 Å². The fourth-order valence-electron chi connectivity index (χ4n) is 2.87. The predicted octanol–water partition coefficient (Wildman–Crippen LogP) is 3.53. The van der Waals surface area contributed by atoms with Crippen LogP contribution >= 0.6 is 0 Å². The Balaban J connectivity index is 2.45. The smallest absolute Gasteiger partial charge is 0.126 e. The molecule has 2 N–H and O–H groups in total. The van der Waals surface area contributed by atoms with Crippen molar-refractivity contribution in [2.45, 2.75) is 52.1 Å². The van der Waals surface area contributed by atoms with Crippen LogP contribution in [0, 0.1) is 12.7 Å². The van der Waals surface area contributed by atoms with Crippen molar-refractivity contribution in [1.29, 1.82) is 0 Å². The first kappa shape index (κ1) is 13.3. The molecule has 1 aromatic carbocycles. The molecule has 0 aromatic heterocycles. The van der Waals surface area contributed by atoms with Gasteiger partial charge in [0.1, 0.15) is 5.82 Å². The number of anilines is 1. The Bertz CT molecular complexity index is 429. The Morgan fingerprint density at radius 2 is 2.22 bits per heavy atom. The second-order valence-corrected chi connectivity index (χ2v) is 5.35. The van der Waals surface area contributed by atoms with Gasteiger partial charge in [0.25, 0.3) is 0 Å². The van der Waals surface area contributed by atoms with Gasteiger partial charge in [-0.15, -0.1) is 0 Å². The summed E-state index contributed by atoms with van der Waals surface area (Å²) >= 11 is 0. The van der Waals surface area contributed by atoms with Crippen LogP contribution in [-0.2, 0) is 0 Å². The highest BCUT2D eigenvalue weighted by Crippen LogP contribution is 2.34. The lowest BCUT2D eigenvalue weighted by Crippen LogP contribution is -2.30. The molecular formula is C15H23FN2. The molecule has 0 spiro atoms. The zero-order chi connectivity index (χ0) is 13.3. The fraction of sp³-hybridized carbons (Fsp3) is 0.600. The lowest BCUT2D eigenvalue weighted by molar-refractivity contribution is 0.608. The van der Waals surface area contributed by atoms with E-state index in [1.165, 1.54) is 12.8 Å². The van der Waals surface area contributed by atoms with E-state index in [1.807, 2.05) is 19.9 Å². The van der Waals surface area contributed by atoms with Crippen molar-refractivity contribution in [2.75, 3.05) is 11.4 Å². The predicted molar refractivity (Wildman–Crippen MR) is 74.4 cm³/mol. The van der Waals surface area contributed by atoms with Crippen LogP contribution in [0.2, 0.25) is 0 Å². The number of aryl methyl sites for hydroxylation is 1. The minimum atomic E-state index is -0.154. The molecule has 100 valence electrons. The van der Waals surface area contributed by atoms with Gasteiger partial charge in [0, 0.05) is 24.3 Å². The quantitative estimate of drug-likeness (QED) is 0.889. The molecule has 0 amide bonds. The van der Waals surface area contributed by atoms with Crippen molar-refractivity contribution < 1.29 is 4.39 Å². The van der Waals surface area contributed by atoms with Crippen molar-refractivity contribution in [3.05, 3.63) is 29.1 Å². The van der Waals surface area contributed by atoms with Gasteiger partial charge in [0.2, 0.25) is 0 Å². The van der Waals surface area contributed by atoms with Gasteiger partial charge in [-0.2, -0.15) is 0 Å². The molecule has 1 aromatic rings. The van der Waals surface area contributed by atoms with Crippen LogP contribution in [0.4, 0.5) is 10.1 Å². The SMILES string of the molecule is CCC1CCCN1c1cc(C)c(F)cc1[C@@H](C)N. The van der Waals surface area contributed by atoms with E-state index in [-0.39, 0.29) is 11.9 Å². The average molecular weight is 250 g/mol. The highest BCUT2D eigenvalue weighted by atomic mass is 19.1. The normalized spacial score (nSPS) is 21.4. The molecule has 1 heterocycles. The summed E-state index contributed by atoms with van der Waals surface area (Å²) in [6.07, 6.45) is 3.58. The summed E-state index contributed by atoms with van der Waals surface area (Å²) in [5.41, 5.74) is 8.76. The summed E-state index contributed by atoms with van der Waals surface area (Å²) in [4.78, 5) is 2.41. The standard InChI is InChI=1S/C15H23FN2/c1-4-12-6-5-7-18(12)15-8-10(2)14(16)9-13(15)11(3)17/h8-9,11-12H,4-7,17H2,1-3H3/t11-,12?/m1/s1. The van der Waals surface area contributed by atoms with Crippen molar-refractivity contribution in [2.24, 2.45) is 5.73 Å². The monoisotopic (exact) mass is 250 g/mol. The number of nitrogens with zero attached hydrogens (tertiary/aromatic N) is 1. The first-order valence-electron chi connectivity index (χ1n) is 6.86. The van der Waals surface area contributed by atoms with Crippen LogP contribution in [-0.4, -0.2) is 12.6 Å². The molecule has 0 saturated carbocycles. The topological polar surface area (TPSA) is 29.3 Å². The Kier molecular flexibility index (Phi) is 3.91. The van der Waals surface area contributed by atoms with Gasteiger partial charge in [-0.25, -0.2) is 4.39 Å². The van der Waals surface area contributed by atoms with Crippen LogP contribution in [0.5, 0.6) is 0 Å². The van der Waals surface area contributed by atoms with E-state index in [0.29, 0.717) is 11.6 Å². The minimum Gasteiger partial charge on any atom is -0.368 e. The Labute approximate surface area is 109 Å². The molecular weight excluding hydrogens is 227 g/mol. The van der Waals surface area contributed by atoms with Crippen LogP contribution in [0.1, 0.15) is 50.3 Å². The Morgan fingerprint density at radius 3 is 2.83 bits per heavy atom. The molecule has 1 aliphatic rings. The first-order chi connectivity index (χ1) is 8.54. The molecule has 1 saturated heterocycles. The number of benzene rings is 1. The third-order valence-corrected chi connectivity index (χ3v) is 3.96. The van der Waals surface area contributed by atoms with E-state index < -0.39 is 0 Å². The van der Waals surface area contributed by atoms with Crippen molar-refractivity contribution in [3.63, 3.8) is 0 Å². The number of nitrogens with two attached hydrogens (primary N) is 1. The van der Waals surface area contributed by atoms with E-state index in [0.717, 1.165) is 24.2 Å². The molecule has 1 unspecified atom stereocenters. The van der Waals surface area contributed by atoms with Gasteiger partial charge in [-0.1, -0.05) is 6.92 Å². The molecule has 0 bridgehead atoms. The third-order valence-electron chi connectivity index (χ3n) is 3.96. The third kappa shape index (κ3) is 2.37. The lowest BCUT2D eigenvalue weighted by atomic mass is 10.0. The van der Waals surface area contributed by atoms with E-state index >= 15 is 0 Å². The molecule has 3 heteroatoms. The van der Waals surface area contributed by atoms with Gasteiger partial charge < -0.3 is 10.6 Å². The molecule has 2 nitrogen and oxygen atoms in total.